The molecule has 1 saturated heterocycles. The molecule has 2 N–H and O–H groups in total. The predicted molar refractivity (Wildman–Crippen MR) is 72.9 cm³/mol. The summed E-state index contributed by atoms with van der Waals surface area (Å²) in [5.74, 6) is 0.0264. The van der Waals surface area contributed by atoms with Gasteiger partial charge in [-0.2, -0.15) is 0 Å². The first-order valence-corrected chi connectivity index (χ1v) is 6.72. The Morgan fingerprint density at radius 3 is 2.32 bits per heavy atom. The molecule has 1 aliphatic heterocycles. The van der Waals surface area contributed by atoms with Crippen molar-refractivity contribution in [2.24, 2.45) is 0 Å². The van der Waals surface area contributed by atoms with Crippen LogP contribution < -0.4 is 10.6 Å². The summed E-state index contributed by atoms with van der Waals surface area (Å²) in [6, 6.07) is 0.135. The number of piperidine rings is 1. The SMILES string of the molecule is CNC(=O)CN1CCC(NC(=O)OC(C)(C)C)CC1. The normalized spacial score (nSPS) is 17.9. The molecule has 19 heavy (non-hydrogen) atoms. The molecule has 6 heteroatoms. The van der Waals surface area contributed by atoms with Crippen molar-refractivity contribution in [1.29, 1.82) is 0 Å². The van der Waals surface area contributed by atoms with Gasteiger partial charge >= 0.3 is 6.09 Å². The fourth-order valence-corrected chi connectivity index (χ4v) is 1.99. The largest absolute Gasteiger partial charge is 0.444 e. The molecule has 110 valence electrons. The third kappa shape index (κ3) is 6.42. The van der Waals surface area contributed by atoms with E-state index in [2.05, 4.69) is 15.5 Å². The highest BCUT2D eigenvalue weighted by Gasteiger charge is 2.24. The number of nitrogens with one attached hydrogen (secondary N) is 2. The number of amides is 2. The Hall–Kier alpha value is -1.30. The smallest absolute Gasteiger partial charge is 0.407 e. The summed E-state index contributed by atoms with van der Waals surface area (Å²) in [4.78, 5) is 25.0. The minimum atomic E-state index is -0.468. The van der Waals surface area contributed by atoms with E-state index in [4.69, 9.17) is 4.74 Å². The number of hydrogen-bond donors (Lipinski definition) is 2. The number of carbonyl (C=O) groups excluding carboxylic acids is 2. The summed E-state index contributed by atoms with van der Waals surface area (Å²) in [5, 5.41) is 5.49. The maximum absolute atomic E-state index is 11.6. The summed E-state index contributed by atoms with van der Waals surface area (Å²) >= 11 is 0. The van der Waals surface area contributed by atoms with Crippen molar-refractivity contribution in [3.05, 3.63) is 0 Å². The van der Waals surface area contributed by atoms with Crippen LogP contribution in [0.3, 0.4) is 0 Å². The van der Waals surface area contributed by atoms with E-state index >= 15 is 0 Å². The molecule has 1 aliphatic rings. The Morgan fingerprint density at radius 1 is 1.26 bits per heavy atom. The first-order valence-electron chi connectivity index (χ1n) is 6.72. The Kier molecular flexibility index (Phi) is 5.60. The number of likely N-dealkylation sites (N-methyl/N-ethyl adjacent to an activating group) is 1. The lowest BCUT2D eigenvalue weighted by atomic mass is 10.1. The van der Waals surface area contributed by atoms with Gasteiger partial charge in [0.05, 0.1) is 6.54 Å². The molecular weight excluding hydrogens is 246 g/mol. The van der Waals surface area contributed by atoms with Gasteiger partial charge in [-0.1, -0.05) is 0 Å². The second kappa shape index (κ2) is 6.75. The van der Waals surface area contributed by atoms with E-state index in [1.807, 2.05) is 20.8 Å². The first kappa shape index (κ1) is 15.8. The topological polar surface area (TPSA) is 70.7 Å². The maximum atomic E-state index is 11.6. The molecule has 0 unspecified atom stereocenters. The molecule has 0 aromatic rings. The summed E-state index contributed by atoms with van der Waals surface area (Å²) in [6.45, 7) is 7.59. The molecule has 0 atom stereocenters. The number of hydrogen-bond acceptors (Lipinski definition) is 4. The Bertz CT molecular complexity index is 318. The van der Waals surface area contributed by atoms with Crippen LogP contribution in [0.5, 0.6) is 0 Å². The van der Waals surface area contributed by atoms with Gasteiger partial charge in [0.2, 0.25) is 5.91 Å². The number of ether oxygens (including phenoxy) is 1. The van der Waals surface area contributed by atoms with Gasteiger partial charge in [-0.3, -0.25) is 9.69 Å². The van der Waals surface area contributed by atoms with Gasteiger partial charge in [0.15, 0.2) is 0 Å². The summed E-state index contributed by atoms with van der Waals surface area (Å²) in [5.41, 5.74) is -0.468. The number of alkyl carbamates (subject to hydrolysis) is 1. The molecule has 2 amide bonds. The lowest BCUT2D eigenvalue weighted by Crippen LogP contribution is -2.48. The average molecular weight is 271 g/mol. The highest BCUT2D eigenvalue weighted by molar-refractivity contribution is 5.77. The Labute approximate surface area is 114 Å². The third-order valence-corrected chi connectivity index (χ3v) is 2.95. The van der Waals surface area contributed by atoms with Crippen molar-refractivity contribution in [3.63, 3.8) is 0 Å². The second-order valence-electron chi connectivity index (χ2n) is 5.87. The van der Waals surface area contributed by atoms with Crippen LogP contribution in [0.2, 0.25) is 0 Å². The van der Waals surface area contributed by atoms with Crippen LogP contribution in [-0.2, 0) is 9.53 Å². The molecule has 0 saturated carbocycles. The van der Waals surface area contributed by atoms with Gasteiger partial charge in [-0.05, 0) is 33.6 Å². The van der Waals surface area contributed by atoms with E-state index in [0.29, 0.717) is 6.54 Å². The van der Waals surface area contributed by atoms with E-state index in [9.17, 15) is 9.59 Å². The van der Waals surface area contributed by atoms with E-state index in [0.717, 1.165) is 25.9 Å². The van der Waals surface area contributed by atoms with Crippen LogP contribution >= 0.6 is 0 Å². The molecule has 0 spiro atoms. The van der Waals surface area contributed by atoms with Crippen LogP contribution in [0.4, 0.5) is 4.79 Å². The van der Waals surface area contributed by atoms with Gasteiger partial charge in [0.1, 0.15) is 5.60 Å². The minimum absolute atomic E-state index is 0.0264. The third-order valence-electron chi connectivity index (χ3n) is 2.95. The molecule has 6 nitrogen and oxygen atoms in total. The zero-order chi connectivity index (χ0) is 14.5. The van der Waals surface area contributed by atoms with Crippen LogP contribution in [0.25, 0.3) is 0 Å². The van der Waals surface area contributed by atoms with Crippen LogP contribution in [0, 0.1) is 0 Å². The quantitative estimate of drug-likeness (QED) is 0.793. The van der Waals surface area contributed by atoms with Crippen molar-refractivity contribution < 1.29 is 14.3 Å². The Balaban J connectivity index is 2.26. The standard InChI is InChI=1S/C13H25N3O3/c1-13(2,3)19-12(18)15-10-5-7-16(8-6-10)9-11(17)14-4/h10H,5-9H2,1-4H3,(H,14,17)(H,15,18). The molecule has 0 aromatic carbocycles. The van der Waals surface area contributed by atoms with E-state index < -0.39 is 5.60 Å². The highest BCUT2D eigenvalue weighted by Crippen LogP contribution is 2.12. The fourth-order valence-electron chi connectivity index (χ4n) is 1.99. The van der Waals surface area contributed by atoms with Gasteiger partial charge in [-0.15, -0.1) is 0 Å². The highest BCUT2D eigenvalue weighted by atomic mass is 16.6. The van der Waals surface area contributed by atoms with Crippen molar-refractivity contribution in [2.75, 3.05) is 26.7 Å². The second-order valence-corrected chi connectivity index (χ2v) is 5.87. The first-order chi connectivity index (χ1) is 8.80. The molecule has 0 aliphatic carbocycles. The molecule has 0 bridgehead atoms. The van der Waals surface area contributed by atoms with Crippen molar-refractivity contribution in [1.82, 2.24) is 15.5 Å². The van der Waals surface area contributed by atoms with Crippen molar-refractivity contribution >= 4 is 12.0 Å². The Morgan fingerprint density at radius 2 is 1.84 bits per heavy atom. The lowest BCUT2D eigenvalue weighted by Gasteiger charge is -2.32. The van der Waals surface area contributed by atoms with E-state index in [1.165, 1.54) is 0 Å². The van der Waals surface area contributed by atoms with Gasteiger partial charge in [0, 0.05) is 26.2 Å². The molecule has 0 radical (unpaired) electrons. The van der Waals surface area contributed by atoms with E-state index in [-0.39, 0.29) is 18.0 Å². The number of nitrogens with zero attached hydrogens (tertiary/aromatic N) is 1. The van der Waals surface area contributed by atoms with Crippen molar-refractivity contribution in [2.45, 2.75) is 45.3 Å². The average Bonchev–Trinajstić information content (AvgIpc) is 2.29. The molecule has 1 rings (SSSR count). The lowest BCUT2D eigenvalue weighted by molar-refractivity contribution is -0.122. The summed E-state index contributed by atoms with van der Waals surface area (Å²) in [6.07, 6.45) is 1.32. The van der Waals surface area contributed by atoms with Crippen molar-refractivity contribution in [3.8, 4) is 0 Å². The molecule has 0 aromatic heterocycles. The van der Waals surface area contributed by atoms with Gasteiger partial charge in [0.25, 0.3) is 0 Å². The number of rotatable bonds is 3. The molecular formula is C13H25N3O3. The molecule has 1 heterocycles. The monoisotopic (exact) mass is 271 g/mol. The van der Waals surface area contributed by atoms with Gasteiger partial charge in [-0.25, -0.2) is 4.79 Å². The fraction of sp³-hybridized carbons (Fsp3) is 0.846. The minimum Gasteiger partial charge on any atom is -0.444 e. The maximum Gasteiger partial charge on any atom is 0.407 e. The predicted octanol–water partition coefficient (Wildman–Crippen LogP) is 0.721. The number of likely N-dealkylation sites (tertiary alicyclic amines) is 1. The number of carbonyl (C=O) groups is 2. The zero-order valence-corrected chi connectivity index (χ0v) is 12.3. The van der Waals surface area contributed by atoms with E-state index in [1.54, 1.807) is 7.05 Å². The van der Waals surface area contributed by atoms with Gasteiger partial charge < -0.3 is 15.4 Å². The van der Waals surface area contributed by atoms with Crippen LogP contribution in [0.15, 0.2) is 0 Å². The summed E-state index contributed by atoms with van der Waals surface area (Å²) in [7, 11) is 1.64. The summed E-state index contributed by atoms with van der Waals surface area (Å²) < 4.78 is 5.22. The zero-order valence-electron chi connectivity index (χ0n) is 12.3. The van der Waals surface area contributed by atoms with Crippen LogP contribution in [-0.4, -0.2) is 55.2 Å². The molecule has 1 fully saturated rings. The van der Waals surface area contributed by atoms with Crippen LogP contribution in [0.1, 0.15) is 33.6 Å².